The highest BCUT2D eigenvalue weighted by molar-refractivity contribution is 6.08. The average Bonchev–Trinajstić information content (AvgIpc) is 2.72. The lowest BCUT2D eigenvalue weighted by Crippen LogP contribution is -2.35. The molecule has 5 nitrogen and oxygen atoms in total. The summed E-state index contributed by atoms with van der Waals surface area (Å²) < 4.78 is 70.9. The largest absolute Gasteiger partial charge is 0.489 e. The molecule has 0 aliphatic rings. The molecule has 0 bridgehead atoms. The molecule has 166 valence electrons. The Kier molecular flexibility index (Phi) is 6.72. The number of halogens is 5. The van der Waals surface area contributed by atoms with Crippen LogP contribution in [0.2, 0.25) is 0 Å². The van der Waals surface area contributed by atoms with Gasteiger partial charge in [0.25, 0.3) is 5.91 Å². The van der Waals surface area contributed by atoms with Crippen LogP contribution in [0.4, 0.5) is 32.4 Å². The molecule has 0 unspecified atom stereocenters. The van der Waals surface area contributed by atoms with Gasteiger partial charge >= 0.3 is 12.2 Å². The van der Waals surface area contributed by atoms with Gasteiger partial charge in [-0.15, -0.1) is 0 Å². The van der Waals surface area contributed by atoms with Gasteiger partial charge in [0.1, 0.15) is 29.6 Å². The van der Waals surface area contributed by atoms with E-state index in [1.807, 2.05) is 5.32 Å². The van der Waals surface area contributed by atoms with Crippen LogP contribution in [0.25, 0.3) is 0 Å². The van der Waals surface area contributed by atoms with Crippen LogP contribution < -0.4 is 15.4 Å². The fourth-order valence-electron chi connectivity index (χ4n) is 2.68. The number of hydrogen-bond donors (Lipinski definition) is 2. The summed E-state index contributed by atoms with van der Waals surface area (Å²) in [6.07, 6.45) is -4.46. The average molecular weight is 450 g/mol. The third kappa shape index (κ3) is 5.81. The summed E-state index contributed by atoms with van der Waals surface area (Å²) in [5.41, 5.74) is -1.12. The maximum atomic E-state index is 13.6. The van der Waals surface area contributed by atoms with E-state index in [0.717, 1.165) is 30.3 Å². The molecule has 2 N–H and O–H groups in total. The second-order valence-corrected chi connectivity index (χ2v) is 6.52. The molecule has 0 spiro atoms. The van der Waals surface area contributed by atoms with Gasteiger partial charge in [0.05, 0.1) is 5.56 Å². The first-order valence-corrected chi connectivity index (χ1v) is 9.09. The van der Waals surface area contributed by atoms with Gasteiger partial charge in [-0.05, 0) is 54.1 Å². The molecule has 3 amide bonds. The Hall–Kier alpha value is -3.95. The molecule has 3 aromatic carbocycles. The minimum absolute atomic E-state index is 0.111. The topological polar surface area (TPSA) is 67.4 Å². The molecule has 0 aliphatic heterocycles. The molecule has 3 aromatic rings. The van der Waals surface area contributed by atoms with Crippen LogP contribution in [0.15, 0.2) is 66.7 Å². The van der Waals surface area contributed by atoms with E-state index in [-0.39, 0.29) is 12.3 Å². The number of ether oxygens (including phenoxy) is 1. The summed E-state index contributed by atoms with van der Waals surface area (Å²) in [5.74, 6) is -3.16. The Bertz CT molecular complexity index is 1110. The van der Waals surface area contributed by atoms with Crippen LogP contribution in [0.5, 0.6) is 5.75 Å². The molecule has 0 aliphatic carbocycles. The second-order valence-electron chi connectivity index (χ2n) is 6.52. The maximum Gasteiger partial charge on any atom is 0.416 e. The van der Waals surface area contributed by atoms with Crippen molar-refractivity contribution in [3.05, 3.63) is 95.1 Å². The van der Waals surface area contributed by atoms with Crippen molar-refractivity contribution in [3.8, 4) is 5.75 Å². The van der Waals surface area contributed by atoms with Gasteiger partial charge in [-0.3, -0.25) is 10.1 Å². The van der Waals surface area contributed by atoms with Crippen molar-refractivity contribution < 1.29 is 36.3 Å². The van der Waals surface area contributed by atoms with E-state index in [9.17, 15) is 31.5 Å². The number of anilines is 1. The van der Waals surface area contributed by atoms with E-state index >= 15 is 0 Å². The number of imide groups is 1. The van der Waals surface area contributed by atoms with E-state index in [0.29, 0.717) is 11.3 Å². The number of amides is 3. The molecule has 0 atom stereocenters. The van der Waals surface area contributed by atoms with Crippen molar-refractivity contribution in [3.63, 3.8) is 0 Å². The van der Waals surface area contributed by atoms with Gasteiger partial charge in [0.2, 0.25) is 0 Å². The Balaban J connectivity index is 1.55. The Morgan fingerprint density at radius 3 is 2.12 bits per heavy atom. The van der Waals surface area contributed by atoms with Crippen LogP contribution in [0.3, 0.4) is 0 Å². The van der Waals surface area contributed by atoms with Crippen molar-refractivity contribution in [1.82, 2.24) is 5.32 Å². The lowest BCUT2D eigenvalue weighted by molar-refractivity contribution is -0.137. The number of hydrogen-bond acceptors (Lipinski definition) is 3. The van der Waals surface area contributed by atoms with Gasteiger partial charge in [-0.1, -0.05) is 18.2 Å². The van der Waals surface area contributed by atoms with Gasteiger partial charge in [-0.2, -0.15) is 13.2 Å². The number of carbonyl (C=O) groups excluding carboxylic acids is 2. The third-order valence-corrected chi connectivity index (χ3v) is 4.19. The molecular weight excluding hydrogens is 435 g/mol. The normalized spacial score (nSPS) is 11.0. The monoisotopic (exact) mass is 450 g/mol. The van der Waals surface area contributed by atoms with E-state index in [1.54, 1.807) is 0 Å². The number of carbonyl (C=O) groups is 2. The Labute approximate surface area is 178 Å². The highest BCUT2D eigenvalue weighted by atomic mass is 19.4. The quantitative estimate of drug-likeness (QED) is 0.503. The number of urea groups is 1. The summed E-state index contributed by atoms with van der Waals surface area (Å²) in [6, 6.07) is 12.3. The smallest absolute Gasteiger partial charge is 0.416 e. The van der Waals surface area contributed by atoms with E-state index in [4.69, 9.17) is 4.74 Å². The van der Waals surface area contributed by atoms with Crippen molar-refractivity contribution >= 4 is 17.6 Å². The summed E-state index contributed by atoms with van der Waals surface area (Å²) >= 11 is 0. The first-order chi connectivity index (χ1) is 15.1. The van der Waals surface area contributed by atoms with E-state index in [2.05, 4.69) is 5.32 Å². The molecule has 0 heterocycles. The van der Waals surface area contributed by atoms with Crippen molar-refractivity contribution in [2.75, 3.05) is 5.32 Å². The second kappa shape index (κ2) is 9.46. The van der Waals surface area contributed by atoms with Gasteiger partial charge in [0.15, 0.2) is 0 Å². The fourth-order valence-corrected chi connectivity index (χ4v) is 2.68. The van der Waals surface area contributed by atoms with Gasteiger partial charge in [-0.25, -0.2) is 13.6 Å². The van der Waals surface area contributed by atoms with E-state index in [1.165, 1.54) is 36.4 Å². The van der Waals surface area contributed by atoms with Crippen molar-refractivity contribution in [1.29, 1.82) is 0 Å². The van der Waals surface area contributed by atoms with Crippen LogP contribution in [-0.2, 0) is 12.8 Å². The minimum Gasteiger partial charge on any atom is -0.489 e. The van der Waals surface area contributed by atoms with Crippen molar-refractivity contribution in [2.45, 2.75) is 12.8 Å². The van der Waals surface area contributed by atoms with Gasteiger partial charge < -0.3 is 10.1 Å². The Morgan fingerprint density at radius 2 is 1.50 bits per heavy atom. The van der Waals surface area contributed by atoms with Crippen molar-refractivity contribution in [2.24, 2.45) is 0 Å². The molecular formula is C22H15F5N2O3. The van der Waals surface area contributed by atoms with Crippen LogP contribution in [0, 0.1) is 11.6 Å². The van der Waals surface area contributed by atoms with Crippen LogP contribution in [-0.4, -0.2) is 11.9 Å². The predicted molar refractivity (Wildman–Crippen MR) is 105 cm³/mol. The molecule has 10 heteroatoms. The molecule has 3 rings (SSSR count). The molecule has 0 saturated carbocycles. The molecule has 0 fully saturated rings. The zero-order valence-corrected chi connectivity index (χ0v) is 16.2. The minimum atomic E-state index is -4.46. The number of rotatable bonds is 5. The molecule has 0 aromatic heterocycles. The zero-order valence-electron chi connectivity index (χ0n) is 16.2. The standard InChI is InChI=1S/C22H15F5N2O3/c23-17-5-2-6-18(24)19(17)20(30)29-21(31)28-15-7-9-16(10-8-15)32-12-13-3-1-4-14(11-13)22(25,26)27/h1-11H,12H2,(H2,28,29,30,31). The SMILES string of the molecule is O=C(NC(=O)c1c(F)cccc1F)Nc1ccc(OCc2cccc(C(F)(F)F)c2)cc1. The lowest BCUT2D eigenvalue weighted by atomic mass is 10.1. The van der Waals surface area contributed by atoms with Gasteiger partial charge in [0, 0.05) is 5.69 Å². The summed E-state index contributed by atoms with van der Waals surface area (Å²) in [7, 11) is 0. The van der Waals surface area contributed by atoms with Crippen LogP contribution >= 0.6 is 0 Å². The molecule has 0 radical (unpaired) electrons. The number of nitrogens with one attached hydrogen (secondary N) is 2. The highest BCUT2D eigenvalue weighted by Crippen LogP contribution is 2.29. The van der Waals surface area contributed by atoms with E-state index < -0.39 is 40.9 Å². The van der Waals surface area contributed by atoms with Crippen LogP contribution in [0.1, 0.15) is 21.5 Å². The first kappa shape index (κ1) is 22.7. The third-order valence-electron chi connectivity index (χ3n) is 4.19. The molecule has 32 heavy (non-hydrogen) atoms. The Morgan fingerprint density at radius 1 is 0.875 bits per heavy atom. The predicted octanol–water partition coefficient (Wildman–Crippen LogP) is 5.52. The fraction of sp³-hybridized carbons (Fsp3) is 0.0909. The zero-order chi connectivity index (χ0) is 23.3. The first-order valence-electron chi connectivity index (χ1n) is 9.09. The number of alkyl halides is 3. The summed E-state index contributed by atoms with van der Waals surface area (Å²) in [4.78, 5) is 23.8. The lowest BCUT2D eigenvalue weighted by Gasteiger charge is -2.11. The molecule has 0 saturated heterocycles. The highest BCUT2D eigenvalue weighted by Gasteiger charge is 2.30. The summed E-state index contributed by atoms with van der Waals surface area (Å²) in [6.45, 7) is -0.111. The summed E-state index contributed by atoms with van der Waals surface area (Å²) in [5, 5.41) is 4.12. The maximum absolute atomic E-state index is 13.6. The number of benzene rings is 3.